The van der Waals surface area contributed by atoms with Gasteiger partial charge in [-0.25, -0.2) is 0 Å². The normalized spacial score (nSPS) is 23.4. The minimum atomic E-state index is -0.322. The third-order valence-corrected chi connectivity index (χ3v) is 3.71. The van der Waals surface area contributed by atoms with Crippen LogP contribution < -0.4 is 5.73 Å². The van der Waals surface area contributed by atoms with Gasteiger partial charge in [0.2, 0.25) is 0 Å². The number of hydrogen-bond donors (Lipinski definition) is 2. The molecular formula is C13H17BrN2O3. The van der Waals surface area contributed by atoms with Crippen molar-refractivity contribution in [3.63, 3.8) is 0 Å². The Morgan fingerprint density at radius 2 is 2.37 bits per heavy atom. The molecule has 19 heavy (non-hydrogen) atoms. The summed E-state index contributed by atoms with van der Waals surface area (Å²) in [5.41, 5.74) is 6.81. The van der Waals surface area contributed by atoms with Crippen molar-refractivity contribution in [1.82, 2.24) is 4.90 Å². The number of nitrogens with two attached hydrogens (primary N) is 1. The van der Waals surface area contributed by atoms with Crippen LogP contribution in [0.3, 0.4) is 0 Å². The van der Waals surface area contributed by atoms with Gasteiger partial charge in [-0.2, -0.15) is 0 Å². The Hall–Kier alpha value is -1.11. The Morgan fingerprint density at radius 3 is 3.00 bits per heavy atom. The summed E-state index contributed by atoms with van der Waals surface area (Å²) in [6.07, 6.45) is -0.322. The number of ether oxygens (including phenoxy) is 1. The Bertz CT molecular complexity index is 481. The molecule has 0 bridgehead atoms. The largest absolute Gasteiger partial charge is 0.398 e. The van der Waals surface area contributed by atoms with Crippen molar-refractivity contribution < 1.29 is 14.6 Å². The van der Waals surface area contributed by atoms with Crippen molar-refractivity contribution in [1.29, 1.82) is 0 Å². The molecule has 5 nitrogen and oxygen atoms in total. The predicted octanol–water partition coefficient (Wildman–Crippen LogP) is 1.25. The molecule has 0 aliphatic carbocycles. The van der Waals surface area contributed by atoms with Crippen molar-refractivity contribution in [2.45, 2.75) is 19.1 Å². The molecule has 0 aromatic heterocycles. The topological polar surface area (TPSA) is 75.8 Å². The molecular weight excluding hydrogens is 312 g/mol. The summed E-state index contributed by atoms with van der Waals surface area (Å²) >= 11 is 3.32. The first-order valence-electron chi connectivity index (χ1n) is 6.11. The number of nitrogen functional groups attached to an aromatic ring is 1. The second-order valence-corrected chi connectivity index (χ2v) is 5.59. The lowest BCUT2D eigenvalue weighted by Crippen LogP contribution is -2.52. The fourth-order valence-corrected chi connectivity index (χ4v) is 2.47. The maximum atomic E-state index is 12.5. The van der Waals surface area contributed by atoms with E-state index in [0.717, 1.165) is 4.47 Å². The number of aliphatic hydroxyl groups is 1. The number of amides is 1. The van der Waals surface area contributed by atoms with Crippen LogP contribution in [-0.4, -0.2) is 47.8 Å². The van der Waals surface area contributed by atoms with Gasteiger partial charge in [-0.1, -0.05) is 15.9 Å². The molecule has 2 rings (SSSR count). The summed E-state index contributed by atoms with van der Waals surface area (Å²) in [5.74, 6) is -0.126. The van der Waals surface area contributed by atoms with Gasteiger partial charge in [0, 0.05) is 16.7 Å². The van der Waals surface area contributed by atoms with Crippen molar-refractivity contribution >= 4 is 27.5 Å². The molecule has 6 heteroatoms. The van der Waals surface area contributed by atoms with E-state index in [4.69, 9.17) is 15.6 Å². The summed E-state index contributed by atoms with van der Waals surface area (Å²) in [6, 6.07) is 5.18. The van der Waals surface area contributed by atoms with E-state index in [1.807, 2.05) is 6.92 Å². The maximum absolute atomic E-state index is 12.5. The molecule has 1 fully saturated rings. The maximum Gasteiger partial charge on any atom is 0.256 e. The molecule has 1 saturated heterocycles. The van der Waals surface area contributed by atoms with Gasteiger partial charge in [0.1, 0.15) is 0 Å². The standard InChI is InChI=1S/C13H17BrN2O3/c1-8-7-19-10(6-17)5-16(8)13(18)11-3-2-9(14)4-12(11)15/h2-4,8,10,17H,5-7,15H2,1H3. The van der Waals surface area contributed by atoms with Crippen LogP contribution in [0.25, 0.3) is 0 Å². The molecule has 3 N–H and O–H groups in total. The number of benzene rings is 1. The zero-order valence-electron chi connectivity index (χ0n) is 10.7. The first kappa shape index (κ1) is 14.3. The van der Waals surface area contributed by atoms with Gasteiger partial charge in [0.05, 0.1) is 30.9 Å². The first-order chi connectivity index (χ1) is 9.02. The molecule has 1 amide bonds. The van der Waals surface area contributed by atoms with E-state index in [1.165, 1.54) is 0 Å². The van der Waals surface area contributed by atoms with Crippen LogP contribution in [0.15, 0.2) is 22.7 Å². The van der Waals surface area contributed by atoms with Gasteiger partial charge >= 0.3 is 0 Å². The zero-order chi connectivity index (χ0) is 14.0. The third kappa shape index (κ3) is 3.08. The van der Waals surface area contributed by atoms with Crippen LogP contribution in [0.1, 0.15) is 17.3 Å². The number of rotatable bonds is 2. The van der Waals surface area contributed by atoms with E-state index >= 15 is 0 Å². The van der Waals surface area contributed by atoms with E-state index < -0.39 is 0 Å². The average molecular weight is 329 g/mol. The van der Waals surface area contributed by atoms with Crippen LogP contribution >= 0.6 is 15.9 Å². The van der Waals surface area contributed by atoms with Crippen LogP contribution in [0.2, 0.25) is 0 Å². The van der Waals surface area contributed by atoms with Crippen LogP contribution in [0.5, 0.6) is 0 Å². The third-order valence-electron chi connectivity index (χ3n) is 3.21. The molecule has 0 spiro atoms. The Labute approximate surface area is 120 Å². The van der Waals surface area contributed by atoms with Gasteiger partial charge < -0.3 is 20.5 Å². The Morgan fingerprint density at radius 1 is 1.63 bits per heavy atom. The number of carbonyl (C=O) groups is 1. The molecule has 0 radical (unpaired) electrons. The Kier molecular flexibility index (Phi) is 4.44. The summed E-state index contributed by atoms with van der Waals surface area (Å²) in [7, 11) is 0. The SMILES string of the molecule is CC1COC(CO)CN1C(=O)c1ccc(Br)cc1N. The van der Waals surface area contributed by atoms with E-state index in [0.29, 0.717) is 24.4 Å². The molecule has 1 heterocycles. The minimum Gasteiger partial charge on any atom is -0.398 e. The summed E-state index contributed by atoms with van der Waals surface area (Å²) < 4.78 is 6.26. The fraction of sp³-hybridized carbons (Fsp3) is 0.462. The molecule has 1 aliphatic heterocycles. The molecule has 2 unspecified atom stereocenters. The second-order valence-electron chi connectivity index (χ2n) is 4.68. The number of morpholine rings is 1. The number of halogens is 1. The molecule has 0 saturated carbocycles. The van der Waals surface area contributed by atoms with Crippen molar-refractivity contribution in [3.05, 3.63) is 28.2 Å². The average Bonchev–Trinajstić information content (AvgIpc) is 2.38. The van der Waals surface area contributed by atoms with Crippen LogP contribution in [0.4, 0.5) is 5.69 Å². The number of carbonyl (C=O) groups excluding carboxylic acids is 1. The number of nitrogens with zero attached hydrogens (tertiary/aromatic N) is 1. The van der Waals surface area contributed by atoms with Crippen LogP contribution in [0, 0.1) is 0 Å². The smallest absolute Gasteiger partial charge is 0.256 e. The summed E-state index contributed by atoms with van der Waals surface area (Å²) in [4.78, 5) is 14.2. The van der Waals surface area contributed by atoms with Crippen molar-refractivity contribution in [2.24, 2.45) is 0 Å². The van der Waals surface area contributed by atoms with Crippen LogP contribution in [-0.2, 0) is 4.74 Å². The van der Waals surface area contributed by atoms with E-state index in [-0.39, 0.29) is 24.7 Å². The number of aliphatic hydroxyl groups excluding tert-OH is 1. The lowest BCUT2D eigenvalue weighted by Gasteiger charge is -2.37. The Balaban J connectivity index is 2.22. The number of hydrogen-bond acceptors (Lipinski definition) is 4. The van der Waals surface area contributed by atoms with Gasteiger partial charge in [-0.3, -0.25) is 4.79 Å². The van der Waals surface area contributed by atoms with E-state index in [2.05, 4.69) is 15.9 Å². The number of anilines is 1. The molecule has 104 valence electrons. The zero-order valence-corrected chi connectivity index (χ0v) is 12.3. The highest BCUT2D eigenvalue weighted by atomic mass is 79.9. The van der Waals surface area contributed by atoms with Gasteiger partial charge in [-0.15, -0.1) is 0 Å². The van der Waals surface area contributed by atoms with Crippen molar-refractivity contribution in [3.8, 4) is 0 Å². The lowest BCUT2D eigenvalue weighted by molar-refractivity contribution is -0.0667. The fourth-order valence-electron chi connectivity index (χ4n) is 2.09. The molecule has 2 atom stereocenters. The monoisotopic (exact) mass is 328 g/mol. The molecule has 1 aliphatic rings. The van der Waals surface area contributed by atoms with E-state index in [9.17, 15) is 4.79 Å². The molecule has 1 aromatic carbocycles. The summed E-state index contributed by atoms with van der Waals surface area (Å²) in [5, 5.41) is 9.14. The van der Waals surface area contributed by atoms with Gasteiger partial charge in [-0.05, 0) is 25.1 Å². The second kappa shape index (κ2) is 5.90. The predicted molar refractivity (Wildman–Crippen MR) is 75.9 cm³/mol. The van der Waals surface area contributed by atoms with E-state index in [1.54, 1.807) is 23.1 Å². The highest BCUT2D eigenvalue weighted by molar-refractivity contribution is 9.10. The minimum absolute atomic E-state index is 0.0293. The van der Waals surface area contributed by atoms with Gasteiger partial charge in [0.15, 0.2) is 0 Å². The highest BCUT2D eigenvalue weighted by Crippen LogP contribution is 2.22. The lowest BCUT2D eigenvalue weighted by atomic mass is 10.1. The molecule has 1 aromatic rings. The first-order valence-corrected chi connectivity index (χ1v) is 6.90. The quantitative estimate of drug-likeness (QED) is 0.801. The van der Waals surface area contributed by atoms with Crippen molar-refractivity contribution in [2.75, 3.05) is 25.5 Å². The summed E-state index contributed by atoms with van der Waals surface area (Å²) in [6.45, 7) is 2.63. The highest BCUT2D eigenvalue weighted by Gasteiger charge is 2.30. The van der Waals surface area contributed by atoms with Gasteiger partial charge in [0.25, 0.3) is 5.91 Å².